The van der Waals surface area contributed by atoms with Crippen LogP contribution in [0.2, 0.25) is 0 Å². The van der Waals surface area contributed by atoms with Crippen molar-refractivity contribution in [1.29, 1.82) is 0 Å². The Labute approximate surface area is 60.7 Å². The molecule has 0 heterocycles. The third-order valence-electron chi connectivity index (χ3n) is 1.54. The average Bonchev–Trinajstić information content (AvgIpc) is 2.05. The largest absolute Gasteiger partial charge is 0.250 e. The molecule has 0 aliphatic carbocycles. The van der Waals surface area contributed by atoms with Gasteiger partial charge in [-0.2, -0.15) is 0 Å². The quantitative estimate of drug-likeness (QED) is 0.587. The lowest BCUT2D eigenvalue weighted by atomic mass is 10.0. The van der Waals surface area contributed by atoms with Gasteiger partial charge in [0.1, 0.15) is 0 Å². The fourth-order valence-electron chi connectivity index (χ4n) is 0.817. The van der Waals surface area contributed by atoms with Crippen molar-refractivity contribution in [2.45, 2.75) is 12.8 Å². The van der Waals surface area contributed by atoms with E-state index in [4.69, 9.17) is 0 Å². The molecule has 0 aromatic heterocycles. The maximum absolute atomic E-state index is 12.1. The van der Waals surface area contributed by atoms with Gasteiger partial charge in [0, 0.05) is 5.92 Å². The molecule has 1 aromatic carbocycles. The first kappa shape index (κ1) is 7.26. The van der Waals surface area contributed by atoms with Crippen molar-refractivity contribution in [2.24, 2.45) is 0 Å². The van der Waals surface area contributed by atoms with Crippen LogP contribution in [0.15, 0.2) is 24.3 Å². The summed E-state index contributed by atoms with van der Waals surface area (Å²) >= 11 is 0. The molecular weight excluding hydrogens is 127 g/mol. The maximum atomic E-state index is 12.1. The van der Waals surface area contributed by atoms with Gasteiger partial charge in [-0.1, -0.05) is 31.2 Å². The summed E-state index contributed by atoms with van der Waals surface area (Å²) in [5, 5.41) is 0. The van der Waals surface area contributed by atoms with Crippen LogP contribution in [0.3, 0.4) is 0 Å². The van der Waals surface area contributed by atoms with E-state index in [-0.39, 0.29) is 12.6 Å². The molecule has 1 heteroatoms. The predicted octanol–water partition coefficient (Wildman–Crippen LogP) is 2.56. The first-order chi connectivity index (χ1) is 4.84. The van der Waals surface area contributed by atoms with E-state index in [9.17, 15) is 4.39 Å². The van der Waals surface area contributed by atoms with Crippen molar-refractivity contribution < 1.29 is 4.39 Å². The second-order valence-corrected chi connectivity index (χ2v) is 2.39. The number of benzene rings is 1. The van der Waals surface area contributed by atoms with E-state index in [0.29, 0.717) is 0 Å². The summed E-state index contributed by atoms with van der Waals surface area (Å²) in [4.78, 5) is 0. The Balaban J connectivity index is 2.75. The van der Waals surface area contributed by atoms with Crippen LogP contribution in [0.25, 0.3) is 0 Å². The van der Waals surface area contributed by atoms with Crippen molar-refractivity contribution in [1.82, 2.24) is 0 Å². The second-order valence-electron chi connectivity index (χ2n) is 2.39. The molecule has 1 radical (unpaired) electrons. The van der Waals surface area contributed by atoms with E-state index in [1.54, 1.807) is 0 Å². The SMILES string of the molecule is C[C@H](CF)c1cc[c]cc1. The Hall–Kier alpha value is -0.850. The summed E-state index contributed by atoms with van der Waals surface area (Å²) in [6.45, 7) is 1.58. The van der Waals surface area contributed by atoms with E-state index in [2.05, 4.69) is 6.07 Å². The minimum absolute atomic E-state index is 0.0228. The molecule has 0 fully saturated rings. The van der Waals surface area contributed by atoms with Crippen molar-refractivity contribution in [2.75, 3.05) is 6.67 Å². The molecule has 53 valence electrons. The highest BCUT2D eigenvalue weighted by molar-refractivity contribution is 5.17. The van der Waals surface area contributed by atoms with Crippen LogP contribution < -0.4 is 0 Å². The standard InChI is InChI=1S/C9H10F/c1-8(7-10)9-5-3-2-4-6-9/h3-6,8H,7H2,1H3/t8-/m1/s1. The van der Waals surface area contributed by atoms with Crippen molar-refractivity contribution in [3.8, 4) is 0 Å². The molecule has 0 saturated carbocycles. The van der Waals surface area contributed by atoms with Gasteiger partial charge in [-0.15, -0.1) is 0 Å². The van der Waals surface area contributed by atoms with Gasteiger partial charge in [-0.05, 0) is 11.6 Å². The van der Waals surface area contributed by atoms with Gasteiger partial charge in [0.05, 0.1) is 6.67 Å². The number of halogens is 1. The smallest absolute Gasteiger partial charge is 0.0960 e. The topological polar surface area (TPSA) is 0 Å². The summed E-state index contributed by atoms with van der Waals surface area (Å²) in [5.41, 5.74) is 1.04. The van der Waals surface area contributed by atoms with Crippen LogP contribution in [0.1, 0.15) is 18.4 Å². The fraction of sp³-hybridized carbons (Fsp3) is 0.333. The van der Waals surface area contributed by atoms with Crippen LogP contribution in [-0.2, 0) is 0 Å². The van der Waals surface area contributed by atoms with Crippen LogP contribution in [0.4, 0.5) is 4.39 Å². The van der Waals surface area contributed by atoms with E-state index in [1.807, 2.05) is 31.2 Å². The third kappa shape index (κ3) is 1.56. The van der Waals surface area contributed by atoms with E-state index in [0.717, 1.165) is 5.56 Å². The third-order valence-corrected chi connectivity index (χ3v) is 1.54. The highest BCUT2D eigenvalue weighted by Gasteiger charge is 2.01. The lowest BCUT2D eigenvalue weighted by molar-refractivity contribution is 0.447. The summed E-state index contributed by atoms with van der Waals surface area (Å²) in [6, 6.07) is 10.3. The van der Waals surface area contributed by atoms with Crippen molar-refractivity contribution >= 4 is 0 Å². The molecule has 1 atom stereocenters. The maximum Gasteiger partial charge on any atom is 0.0960 e. The molecular formula is C9H10F. The van der Waals surface area contributed by atoms with Gasteiger partial charge in [0.15, 0.2) is 0 Å². The molecule has 0 unspecified atom stereocenters. The van der Waals surface area contributed by atoms with Gasteiger partial charge in [0.25, 0.3) is 0 Å². The molecule has 0 aliphatic heterocycles. The van der Waals surface area contributed by atoms with Gasteiger partial charge in [-0.25, -0.2) is 0 Å². The Bertz CT molecular complexity index is 181. The van der Waals surface area contributed by atoms with Gasteiger partial charge >= 0.3 is 0 Å². The zero-order chi connectivity index (χ0) is 7.40. The monoisotopic (exact) mass is 137 g/mol. The molecule has 10 heavy (non-hydrogen) atoms. The Morgan fingerprint density at radius 1 is 1.50 bits per heavy atom. The molecule has 0 N–H and O–H groups in total. The van der Waals surface area contributed by atoms with Gasteiger partial charge < -0.3 is 0 Å². The van der Waals surface area contributed by atoms with Crippen LogP contribution in [0, 0.1) is 6.07 Å². The molecule has 0 bridgehead atoms. The van der Waals surface area contributed by atoms with E-state index < -0.39 is 0 Å². The number of hydrogen-bond donors (Lipinski definition) is 0. The van der Waals surface area contributed by atoms with Crippen molar-refractivity contribution in [3.05, 3.63) is 35.9 Å². The second kappa shape index (κ2) is 3.35. The molecule has 0 spiro atoms. The number of rotatable bonds is 2. The lowest BCUT2D eigenvalue weighted by Crippen LogP contribution is -1.93. The normalized spacial score (nSPS) is 13.0. The highest BCUT2D eigenvalue weighted by atomic mass is 19.1. The zero-order valence-electron chi connectivity index (χ0n) is 5.97. The first-order valence-corrected chi connectivity index (χ1v) is 3.36. The Morgan fingerprint density at radius 3 is 2.60 bits per heavy atom. The van der Waals surface area contributed by atoms with Crippen molar-refractivity contribution in [3.63, 3.8) is 0 Å². The molecule has 0 nitrogen and oxygen atoms in total. The summed E-state index contributed by atoms with van der Waals surface area (Å²) in [7, 11) is 0. The molecule has 1 rings (SSSR count). The molecule has 0 saturated heterocycles. The van der Waals surface area contributed by atoms with E-state index >= 15 is 0 Å². The summed E-state index contributed by atoms with van der Waals surface area (Å²) in [5.74, 6) is 0.0228. The minimum atomic E-state index is -0.288. The minimum Gasteiger partial charge on any atom is -0.250 e. The summed E-state index contributed by atoms with van der Waals surface area (Å²) in [6.07, 6.45) is 0. The average molecular weight is 137 g/mol. The van der Waals surface area contributed by atoms with Gasteiger partial charge in [0.2, 0.25) is 0 Å². The zero-order valence-corrected chi connectivity index (χ0v) is 5.97. The molecule has 0 aliphatic rings. The lowest BCUT2D eigenvalue weighted by Gasteiger charge is -2.04. The van der Waals surface area contributed by atoms with E-state index in [1.165, 1.54) is 0 Å². The first-order valence-electron chi connectivity index (χ1n) is 3.36. The number of alkyl halides is 1. The molecule has 0 amide bonds. The molecule has 1 aromatic rings. The van der Waals surface area contributed by atoms with Crippen LogP contribution >= 0.6 is 0 Å². The summed E-state index contributed by atoms with van der Waals surface area (Å²) < 4.78 is 12.1. The van der Waals surface area contributed by atoms with Crippen LogP contribution in [-0.4, -0.2) is 6.67 Å². The Kier molecular flexibility index (Phi) is 2.43. The predicted molar refractivity (Wildman–Crippen MR) is 39.7 cm³/mol. The van der Waals surface area contributed by atoms with Gasteiger partial charge in [-0.3, -0.25) is 4.39 Å². The highest BCUT2D eigenvalue weighted by Crippen LogP contribution is 2.13. The fourth-order valence-corrected chi connectivity index (χ4v) is 0.817. The Morgan fingerprint density at radius 2 is 2.10 bits per heavy atom. The van der Waals surface area contributed by atoms with Crippen LogP contribution in [0.5, 0.6) is 0 Å². The number of hydrogen-bond acceptors (Lipinski definition) is 0.